The van der Waals surface area contributed by atoms with Gasteiger partial charge in [-0.2, -0.15) is 0 Å². The van der Waals surface area contributed by atoms with Crippen molar-refractivity contribution < 1.29 is 19.4 Å². The van der Waals surface area contributed by atoms with E-state index < -0.39 is 17.7 Å². The molecular weight excluding hydrogens is 196 g/mol. The van der Waals surface area contributed by atoms with Crippen molar-refractivity contribution in [2.45, 2.75) is 57.3 Å². The van der Waals surface area contributed by atoms with Crippen molar-refractivity contribution in [2.24, 2.45) is 0 Å². The average molecular weight is 216 g/mol. The van der Waals surface area contributed by atoms with Crippen LogP contribution in [-0.4, -0.2) is 35.5 Å². The molecule has 1 heterocycles. The maximum atomic E-state index is 10.6. The van der Waals surface area contributed by atoms with Gasteiger partial charge in [0.2, 0.25) is 0 Å². The van der Waals surface area contributed by atoms with E-state index in [1.807, 2.05) is 20.8 Å². The first-order valence-corrected chi connectivity index (χ1v) is 5.26. The average Bonchev–Trinajstić information content (AvgIpc) is 2.78. The van der Waals surface area contributed by atoms with Crippen LogP contribution in [0.4, 0.5) is 0 Å². The van der Waals surface area contributed by atoms with Gasteiger partial charge in [-0.15, -0.1) is 0 Å². The number of epoxide rings is 1. The minimum Gasteiger partial charge on any atom is -0.479 e. The molecule has 0 aliphatic carbocycles. The second-order valence-corrected chi connectivity index (χ2v) is 4.97. The van der Waals surface area contributed by atoms with Crippen molar-refractivity contribution in [1.82, 2.24) is 0 Å². The van der Waals surface area contributed by atoms with Crippen LogP contribution in [0.25, 0.3) is 0 Å². The molecule has 0 bridgehead atoms. The van der Waals surface area contributed by atoms with E-state index >= 15 is 0 Å². The van der Waals surface area contributed by atoms with Gasteiger partial charge in [0.25, 0.3) is 0 Å². The monoisotopic (exact) mass is 216 g/mol. The Kier molecular flexibility index (Phi) is 3.41. The van der Waals surface area contributed by atoms with Gasteiger partial charge in [0, 0.05) is 7.11 Å². The predicted molar refractivity (Wildman–Crippen MR) is 55.9 cm³/mol. The third-order valence-corrected chi connectivity index (χ3v) is 3.11. The van der Waals surface area contributed by atoms with Crippen molar-refractivity contribution in [3.05, 3.63) is 0 Å². The summed E-state index contributed by atoms with van der Waals surface area (Å²) in [6.07, 6.45) is 2.00. The van der Waals surface area contributed by atoms with Crippen LogP contribution in [0.3, 0.4) is 0 Å². The Morgan fingerprint density at radius 1 is 1.60 bits per heavy atom. The maximum absolute atomic E-state index is 10.6. The molecule has 0 saturated carbocycles. The van der Waals surface area contributed by atoms with Gasteiger partial charge in [-0.25, -0.2) is 4.79 Å². The van der Waals surface area contributed by atoms with E-state index in [0.29, 0.717) is 0 Å². The van der Waals surface area contributed by atoms with Crippen LogP contribution in [0.15, 0.2) is 0 Å². The van der Waals surface area contributed by atoms with E-state index in [1.54, 1.807) is 7.11 Å². The van der Waals surface area contributed by atoms with Crippen molar-refractivity contribution in [1.29, 1.82) is 0 Å². The molecule has 2 atom stereocenters. The number of methoxy groups -OCH3 is 1. The molecule has 88 valence electrons. The Morgan fingerprint density at radius 3 is 2.60 bits per heavy atom. The SMILES string of the molecule is COC(C)(C)CCCC1(C)OC1C(=O)O. The van der Waals surface area contributed by atoms with Crippen molar-refractivity contribution in [3.63, 3.8) is 0 Å². The van der Waals surface area contributed by atoms with Gasteiger partial charge in [0.1, 0.15) is 5.60 Å². The van der Waals surface area contributed by atoms with E-state index in [0.717, 1.165) is 19.3 Å². The minimum absolute atomic E-state index is 0.135. The van der Waals surface area contributed by atoms with E-state index in [2.05, 4.69) is 0 Å². The van der Waals surface area contributed by atoms with Gasteiger partial charge in [-0.3, -0.25) is 0 Å². The van der Waals surface area contributed by atoms with Crippen molar-refractivity contribution >= 4 is 5.97 Å². The molecule has 1 aliphatic rings. The van der Waals surface area contributed by atoms with Gasteiger partial charge < -0.3 is 14.6 Å². The summed E-state index contributed by atoms with van der Waals surface area (Å²) in [6, 6.07) is 0. The Morgan fingerprint density at radius 2 is 2.20 bits per heavy atom. The summed E-state index contributed by atoms with van der Waals surface area (Å²) in [4.78, 5) is 10.6. The van der Waals surface area contributed by atoms with Gasteiger partial charge in [0.15, 0.2) is 6.10 Å². The summed E-state index contributed by atoms with van der Waals surface area (Å²) in [5.41, 5.74) is -0.584. The first kappa shape index (κ1) is 12.5. The second kappa shape index (κ2) is 4.10. The number of carboxylic acid groups (broad SMARTS) is 1. The molecule has 0 amide bonds. The highest BCUT2D eigenvalue weighted by atomic mass is 16.6. The minimum atomic E-state index is -0.858. The van der Waals surface area contributed by atoms with Crippen LogP contribution in [0.2, 0.25) is 0 Å². The summed E-state index contributed by atoms with van der Waals surface area (Å²) < 4.78 is 10.5. The highest BCUT2D eigenvalue weighted by molar-refractivity contribution is 5.77. The zero-order valence-electron chi connectivity index (χ0n) is 9.87. The van der Waals surface area contributed by atoms with Crippen LogP contribution < -0.4 is 0 Å². The lowest BCUT2D eigenvalue weighted by Gasteiger charge is -2.22. The quantitative estimate of drug-likeness (QED) is 0.688. The largest absolute Gasteiger partial charge is 0.479 e. The first-order valence-electron chi connectivity index (χ1n) is 5.26. The molecule has 1 fully saturated rings. The molecule has 0 spiro atoms. The lowest BCUT2D eigenvalue weighted by molar-refractivity contribution is -0.138. The fourth-order valence-corrected chi connectivity index (χ4v) is 1.70. The zero-order chi connectivity index (χ0) is 11.7. The van der Waals surface area contributed by atoms with Gasteiger partial charge in [0.05, 0.1) is 5.60 Å². The summed E-state index contributed by atoms with van der Waals surface area (Å²) in [6.45, 7) is 5.90. The molecule has 1 N–H and O–H groups in total. The van der Waals surface area contributed by atoms with Crippen LogP contribution in [0, 0.1) is 0 Å². The highest BCUT2D eigenvalue weighted by Gasteiger charge is 2.56. The van der Waals surface area contributed by atoms with Crippen molar-refractivity contribution in [3.8, 4) is 0 Å². The van der Waals surface area contributed by atoms with Crippen LogP contribution in [-0.2, 0) is 14.3 Å². The molecule has 0 radical (unpaired) electrons. The number of hydrogen-bond donors (Lipinski definition) is 1. The lowest BCUT2D eigenvalue weighted by Crippen LogP contribution is -2.23. The highest BCUT2D eigenvalue weighted by Crippen LogP contribution is 2.41. The molecule has 1 rings (SSSR count). The van der Waals surface area contributed by atoms with Crippen LogP contribution in [0.1, 0.15) is 40.0 Å². The molecule has 1 aliphatic heterocycles. The van der Waals surface area contributed by atoms with E-state index in [-0.39, 0.29) is 5.60 Å². The third-order valence-electron chi connectivity index (χ3n) is 3.11. The summed E-state index contributed by atoms with van der Waals surface area (Å²) in [5.74, 6) is -0.858. The molecule has 0 aromatic carbocycles. The molecular formula is C11H20O4. The van der Waals surface area contributed by atoms with Gasteiger partial charge in [-0.1, -0.05) is 0 Å². The topological polar surface area (TPSA) is 59.1 Å². The Labute approximate surface area is 90.6 Å². The van der Waals surface area contributed by atoms with Crippen LogP contribution in [0.5, 0.6) is 0 Å². The molecule has 0 aromatic heterocycles. The third kappa shape index (κ3) is 3.18. The molecule has 4 heteroatoms. The fourth-order valence-electron chi connectivity index (χ4n) is 1.70. The Balaban J connectivity index is 2.25. The molecule has 15 heavy (non-hydrogen) atoms. The number of carboxylic acids is 1. The van der Waals surface area contributed by atoms with E-state index in [4.69, 9.17) is 14.6 Å². The predicted octanol–water partition coefficient (Wildman–Crippen LogP) is 1.82. The number of aliphatic carboxylic acids is 1. The fraction of sp³-hybridized carbons (Fsp3) is 0.909. The molecule has 1 saturated heterocycles. The Hall–Kier alpha value is -0.610. The summed E-state index contributed by atoms with van der Waals surface area (Å²) in [7, 11) is 1.69. The number of rotatable bonds is 6. The molecule has 4 nitrogen and oxygen atoms in total. The number of hydrogen-bond acceptors (Lipinski definition) is 3. The maximum Gasteiger partial charge on any atom is 0.335 e. The molecule has 2 unspecified atom stereocenters. The van der Waals surface area contributed by atoms with E-state index in [1.165, 1.54) is 0 Å². The zero-order valence-corrected chi connectivity index (χ0v) is 9.87. The smallest absolute Gasteiger partial charge is 0.335 e. The van der Waals surface area contributed by atoms with Crippen molar-refractivity contribution in [2.75, 3.05) is 7.11 Å². The first-order chi connectivity index (χ1) is 6.81. The molecule has 0 aromatic rings. The normalized spacial score (nSPS) is 30.3. The number of carbonyl (C=O) groups is 1. The lowest BCUT2D eigenvalue weighted by atomic mass is 9.95. The Bertz CT molecular complexity index is 249. The summed E-state index contributed by atoms with van der Waals surface area (Å²) in [5, 5.41) is 8.74. The number of ether oxygens (including phenoxy) is 2. The van der Waals surface area contributed by atoms with Gasteiger partial charge >= 0.3 is 5.97 Å². The van der Waals surface area contributed by atoms with Gasteiger partial charge in [-0.05, 0) is 40.0 Å². The summed E-state index contributed by atoms with van der Waals surface area (Å²) >= 11 is 0. The second-order valence-electron chi connectivity index (χ2n) is 4.97. The van der Waals surface area contributed by atoms with E-state index in [9.17, 15) is 4.79 Å². The standard InChI is InChI=1S/C11H20O4/c1-10(2,14-4)6-5-7-11(3)8(15-11)9(12)13/h8H,5-7H2,1-4H3,(H,12,13). The van der Waals surface area contributed by atoms with Crippen LogP contribution >= 0.6 is 0 Å².